The van der Waals surface area contributed by atoms with Gasteiger partial charge in [-0.25, -0.2) is 0 Å². The lowest BCUT2D eigenvalue weighted by Gasteiger charge is -2.11. The normalized spacial score (nSPS) is 11.5. The number of aromatic nitrogens is 1. The van der Waals surface area contributed by atoms with Gasteiger partial charge in [0, 0.05) is 25.6 Å². The number of nitrogens with one attached hydrogen (secondary N) is 2. The molecule has 0 aliphatic heterocycles. The fraction of sp³-hybridized carbons (Fsp3) is 0.524. The Kier molecular flexibility index (Phi) is 9.18. The molecule has 0 aliphatic carbocycles. The minimum Gasteiger partial charge on any atom is -0.497 e. The van der Waals surface area contributed by atoms with Gasteiger partial charge in [0.1, 0.15) is 11.5 Å². The molecule has 7 nitrogen and oxygen atoms in total. The number of hydrogen-bond acceptors (Lipinski definition) is 5. The highest BCUT2D eigenvalue weighted by atomic mass is 16.5. The van der Waals surface area contributed by atoms with Crippen molar-refractivity contribution < 1.29 is 14.0 Å². The molecule has 7 heteroatoms. The zero-order valence-corrected chi connectivity index (χ0v) is 17.3. The van der Waals surface area contributed by atoms with E-state index in [0.717, 1.165) is 54.7 Å². The van der Waals surface area contributed by atoms with E-state index >= 15 is 0 Å². The van der Waals surface area contributed by atoms with Crippen LogP contribution in [0.5, 0.6) is 11.5 Å². The maximum Gasteiger partial charge on any atom is 0.191 e. The number of rotatable bonds is 11. The third-order valence-electron chi connectivity index (χ3n) is 4.58. The van der Waals surface area contributed by atoms with Gasteiger partial charge >= 0.3 is 0 Å². The van der Waals surface area contributed by atoms with Crippen LogP contribution in [0.15, 0.2) is 39.8 Å². The number of hydrogen-bond donors (Lipinski definition) is 2. The number of benzene rings is 1. The summed E-state index contributed by atoms with van der Waals surface area (Å²) in [5, 5.41) is 10.7. The molecule has 0 unspecified atom stereocenters. The standard InChI is InChI=1S/C21H32N4O3/c1-5-16(6-2)20-14-19(28-25-20)15-24-21(22-3)23-12-7-13-27-18-10-8-17(26-4)9-11-18/h8-11,14,16H,5-7,12-13,15H2,1-4H3,(H2,22,23,24). The summed E-state index contributed by atoms with van der Waals surface area (Å²) in [7, 11) is 3.40. The number of aliphatic imine (C=N–C) groups is 1. The highest BCUT2D eigenvalue weighted by Crippen LogP contribution is 2.22. The lowest BCUT2D eigenvalue weighted by Crippen LogP contribution is -2.37. The first-order valence-electron chi connectivity index (χ1n) is 9.87. The van der Waals surface area contributed by atoms with Gasteiger partial charge in [0.05, 0.1) is 26.0 Å². The summed E-state index contributed by atoms with van der Waals surface area (Å²) in [6.07, 6.45) is 2.99. The van der Waals surface area contributed by atoms with E-state index in [4.69, 9.17) is 14.0 Å². The molecule has 0 spiro atoms. The predicted octanol–water partition coefficient (Wildman–Crippen LogP) is 3.72. The van der Waals surface area contributed by atoms with Gasteiger partial charge in [-0.2, -0.15) is 0 Å². The van der Waals surface area contributed by atoms with Crippen LogP contribution in [0, 0.1) is 0 Å². The molecule has 0 saturated heterocycles. The van der Waals surface area contributed by atoms with Crippen molar-refractivity contribution in [2.75, 3.05) is 27.3 Å². The van der Waals surface area contributed by atoms with Gasteiger partial charge in [-0.1, -0.05) is 19.0 Å². The van der Waals surface area contributed by atoms with Crippen molar-refractivity contribution in [1.82, 2.24) is 15.8 Å². The van der Waals surface area contributed by atoms with E-state index in [9.17, 15) is 0 Å². The van der Waals surface area contributed by atoms with Gasteiger partial charge in [0.25, 0.3) is 0 Å². The van der Waals surface area contributed by atoms with Gasteiger partial charge in [0.2, 0.25) is 0 Å². The fourth-order valence-corrected chi connectivity index (χ4v) is 2.84. The van der Waals surface area contributed by atoms with Crippen molar-refractivity contribution in [1.29, 1.82) is 0 Å². The van der Waals surface area contributed by atoms with Crippen molar-refractivity contribution in [3.8, 4) is 11.5 Å². The number of nitrogens with zero attached hydrogens (tertiary/aromatic N) is 2. The van der Waals surface area contributed by atoms with Crippen LogP contribution in [0.25, 0.3) is 0 Å². The maximum atomic E-state index is 5.72. The van der Waals surface area contributed by atoms with Gasteiger partial charge < -0.3 is 24.6 Å². The Hall–Kier alpha value is -2.70. The van der Waals surface area contributed by atoms with Crippen LogP contribution in [-0.2, 0) is 6.54 Å². The molecular formula is C21H32N4O3. The second-order valence-corrected chi connectivity index (χ2v) is 6.46. The summed E-state index contributed by atoms with van der Waals surface area (Å²) < 4.78 is 16.3. The smallest absolute Gasteiger partial charge is 0.191 e. The molecule has 0 atom stereocenters. The highest BCUT2D eigenvalue weighted by molar-refractivity contribution is 5.79. The first-order valence-corrected chi connectivity index (χ1v) is 9.87. The van der Waals surface area contributed by atoms with Gasteiger partial charge in [-0.3, -0.25) is 4.99 Å². The lowest BCUT2D eigenvalue weighted by atomic mass is 9.99. The van der Waals surface area contributed by atoms with E-state index in [1.807, 2.05) is 30.3 Å². The summed E-state index contributed by atoms with van der Waals surface area (Å²) in [6, 6.07) is 9.61. The summed E-state index contributed by atoms with van der Waals surface area (Å²) in [5.41, 5.74) is 1.03. The monoisotopic (exact) mass is 388 g/mol. The zero-order valence-electron chi connectivity index (χ0n) is 17.3. The second-order valence-electron chi connectivity index (χ2n) is 6.46. The summed E-state index contributed by atoms with van der Waals surface area (Å²) in [6.45, 7) is 6.27. The second kappa shape index (κ2) is 11.9. The molecule has 1 aromatic carbocycles. The predicted molar refractivity (Wildman–Crippen MR) is 111 cm³/mol. The van der Waals surface area contributed by atoms with Crippen molar-refractivity contribution in [3.63, 3.8) is 0 Å². The van der Waals surface area contributed by atoms with E-state index in [0.29, 0.717) is 19.1 Å². The molecule has 2 rings (SSSR count). The van der Waals surface area contributed by atoms with Crippen LogP contribution in [0.1, 0.15) is 50.5 Å². The minimum absolute atomic E-state index is 0.459. The molecule has 0 saturated carbocycles. The van der Waals surface area contributed by atoms with Crippen molar-refractivity contribution >= 4 is 5.96 Å². The van der Waals surface area contributed by atoms with E-state index < -0.39 is 0 Å². The van der Waals surface area contributed by atoms with Crippen LogP contribution in [-0.4, -0.2) is 38.4 Å². The molecular weight excluding hydrogens is 356 g/mol. The molecule has 0 radical (unpaired) electrons. The van der Waals surface area contributed by atoms with Crippen LogP contribution in [0.4, 0.5) is 0 Å². The Morgan fingerprint density at radius 3 is 2.50 bits per heavy atom. The largest absolute Gasteiger partial charge is 0.497 e. The highest BCUT2D eigenvalue weighted by Gasteiger charge is 2.13. The van der Waals surface area contributed by atoms with E-state index in [1.54, 1.807) is 14.2 Å². The molecule has 2 aromatic rings. The van der Waals surface area contributed by atoms with Crippen LogP contribution < -0.4 is 20.1 Å². The Bertz CT molecular complexity index is 709. The summed E-state index contributed by atoms with van der Waals surface area (Å²) >= 11 is 0. The molecule has 1 aromatic heterocycles. The average molecular weight is 389 g/mol. The average Bonchev–Trinajstić information content (AvgIpc) is 3.20. The molecule has 1 heterocycles. The summed E-state index contributed by atoms with van der Waals surface area (Å²) in [4.78, 5) is 4.23. The first kappa shape index (κ1) is 21.6. The molecule has 154 valence electrons. The zero-order chi connectivity index (χ0) is 20.2. The SMILES string of the molecule is CCC(CC)c1cc(CNC(=NC)NCCCOc2ccc(OC)cc2)on1. The van der Waals surface area contributed by atoms with Gasteiger partial charge in [-0.05, 0) is 43.5 Å². The molecule has 0 fully saturated rings. The number of guanidine groups is 1. The number of ether oxygens (including phenoxy) is 2. The first-order chi connectivity index (χ1) is 13.7. The summed E-state index contributed by atoms with van der Waals surface area (Å²) in [5.74, 6) is 3.66. The Labute approximate surface area is 167 Å². The van der Waals surface area contributed by atoms with Crippen molar-refractivity contribution in [3.05, 3.63) is 41.8 Å². The topological polar surface area (TPSA) is 80.9 Å². The molecule has 0 amide bonds. The lowest BCUT2D eigenvalue weighted by molar-refractivity contribution is 0.310. The molecule has 28 heavy (non-hydrogen) atoms. The molecule has 0 aliphatic rings. The van der Waals surface area contributed by atoms with Crippen LogP contribution in [0.2, 0.25) is 0 Å². The fourth-order valence-electron chi connectivity index (χ4n) is 2.84. The van der Waals surface area contributed by atoms with Crippen molar-refractivity contribution in [2.45, 2.75) is 45.6 Å². The third kappa shape index (κ3) is 6.79. The Balaban J connectivity index is 1.66. The van der Waals surface area contributed by atoms with E-state index in [-0.39, 0.29) is 0 Å². The van der Waals surface area contributed by atoms with Crippen LogP contribution >= 0.6 is 0 Å². The van der Waals surface area contributed by atoms with Crippen molar-refractivity contribution in [2.24, 2.45) is 4.99 Å². The third-order valence-corrected chi connectivity index (χ3v) is 4.58. The van der Waals surface area contributed by atoms with E-state index in [2.05, 4.69) is 34.6 Å². The van der Waals surface area contributed by atoms with Gasteiger partial charge in [-0.15, -0.1) is 0 Å². The maximum absolute atomic E-state index is 5.72. The molecule has 2 N–H and O–H groups in total. The minimum atomic E-state index is 0.459. The van der Waals surface area contributed by atoms with E-state index in [1.165, 1.54) is 0 Å². The Morgan fingerprint density at radius 2 is 1.86 bits per heavy atom. The van der Waals surface area contributed by atoms with Crippen LogP contribution in [0.3, 0.4) is 0 Å². The Morgan fingerprint density at radius 1 is 1.14 bits per heavy atom. The van der Waals surface area contributed by atoms with Gasteiger partial charge in [0.15, 0.2) is 11.7 Å². The quantitative estimate of drug-likeness (QED) is 0.347. The number of methoxy groups -OCH3 is 1. The molecule has 0 bridgehead atoms.